The summed E-state index contributed by atoms with van der Waals surface area (Å²) in [5.41, 5.74) is 1.12. The van der Waals surface area contributed by atoms with Crippen LogP contribution in [0.15, 0.2) is 30.3 Å². The number of hydrogen-bond acceptors (Lipinski definition) is 6. The highest BCUT2D eigenvalue weighted by Crippen LogP contribution is 2.30. The minimum atomic E-state index is 0.0644. The molecule has 2 aliphatic rings. The van der Waals surface area contributed by atoms with Crippen molar-refractivity contribution >= 4 is 5.82 Å². The molecule has 6 heteroatoms. The van der Waals surface area contributed by atoms with Gasteiger partial charge in [0.15, 0.2) is 11.5 Å². The lowest BCUT2D eigenvalue weighted by molar-refractivity contribution is 0.0873. The Balaban J connectivity index is 1.26. The first kappa shape index (κ1) is 18.0. The number of hydrogen-bond donors (Lipinski definition) is 1. The molecule has 0 unspecified atom stereocenters. The van der Waals surface area contributed by atoms with Crippen molar-refractivity contribution in [2.24, 2.45) is 0 Å². The van der Waals surface area contributed by atoms with Crippen molar-refractivity contribution in [2.45, 2.75) is 45.3 Å². The van der Waals surface area contributed by atoms with E-state index in [2.05, 4.69) is 33.2 Å². The first-order valence-corrected chi connectivity index (χ1v) is 9.92. The van der Waals surface area contributed by atoms with Gasteiger partial charge in [0.2, 0.25) is 0 Å². The average molecular weight is 368 g/mol. The first-order chi connectivity index (χ1) is 13.2. The summed E-state index contributed by atoms with van der Waals surface area (Å²) in [6, 6.07) is 10.5. The van der Waals surface area contributed by atoms with Crippen molar-refractivity contribution in [3.05, 3.63) is 41.9 Å². The second-order valence-electron chi connectivity index (χ2n) is 7.29. The average Bonchev–Trinajstić information content (AvgIpc) is 2.72. The van der Waals surface area contributed by atoms with E-state index in [0.717, 1.165) is 67.7 Å². The standard InChI is InChI=1S/C21H28N4O2/c1-3-16-12-21(24-15(2)23-16)25-10-8-17(9-11-25)22-13-18-14-26-19-6-4-5-7-20(19)27-18/h4-7,12,17-18,22H,3,8-11,13-14H2,1-2H3/t18-/m1/s1. The fraction of sp³-hybridized carbons (Fsp3) is 0.524. The number of nitrogens with one attached hydrogen (secondary N) is 1. The minimum Gasteiger partial charge on any atom is -0.486 e. The fourth-order valence-electron chi connectivity index (χ4n) is 3.73. The van der Waals surface area contributed by atoms with E-state index in [1.54, 1.807) is 0 Å². The third kappa shape index (κ3) is 4.33. The zero-order chi connectivity index (χ0) is 18.6. The number of piperidine rings is 1. The molecule has 1 fully saturated rings. The number of fused-ring (bicyclic) bond motifs is 1. The maximum Gasteiger partial charge on any atom is 0.161 e. The molecule has 144 valence electrons. The van der Waals surface area contributed by atoms with Crippen molar-refractivity contribution in [2.75, 3.05) is 31.1 Å². The van der Waals surface area contributed by atoms with E-state index in [9.17, 15) is 0 Å². The monoisotopic (exact) mass is 368 g/mol. The smallest absolute Gasteiger partial charge is 0.161 e. The highest BCUT2D eigenvalue weighted by atomic mass is 16.6. The Kier molecular flexibility index (Phi) is 5.43. The zero-order valence-corrected chi connectivity index (χ0v) is 16.1. The summed E-state index contributed by atoms with van der Waals surface area (Å²) in [6.45, 7) is 7.55. The number of anilines is 1. The normalized spacial score (nSPS) is 19.9. The van der Waals surface area contributed by atoms with Crippen molar-refractivity contribution < 1.29 is 9.47 Å². The number of para-hydroxylation sites is 2. The van der Waals surface area contributed by atoms with Crippen molar-refractivity contribution in [3.63, 3.8) is 0 Å². The Hall–Kier alpha value is -2.34. The molecule has 0 spiro atoms. The molecule has 0 radical (unpaired) electrons. The number of benzene rings is 1. The summed E-state index contributed by atoms with van der Waals surface area (Å²) < 4.78 is 11.8. The summed E-state index contributed by atoms with van der Waals surface area (Å²) in [6.07, 6.45) is 3.22. The second kappa shape index (κ2) is 8.13. The number of aromatic nitrogens is 2. The van der Waals surface area contributed by atoms with E-state index in [4.69, 9.17) is 9.47 Å². The van der Waals surface area contributed by atoms with Gasteiger partial charge in [-0.1, -0.05) is 19.1 Å². The Labute approximate surface area is 160 Å². The Morgan fingerprint density at radius 1 is 1.15 bits per heavy atom. The summed E-state index contributed by atoms with van der Waals surface area (Å²) >= 11 is 0. The molecular weight excluding hydrogens is 340 g/mol. The van der Waals surface area contributed by atoms with Gasteiger partial charge in [-0.05, 0) is 38.3 Å². The Morgan fingerprint density at radius 3 is 2.70 bits per heavy atom. The van der Waals surface area contributed by atoms with Crippen molar-refractivity contribution in [1.29, 1.82) is 0 Å². The van der Waals surface area contributed by atoms with Gasteiger partial charge in [0.25, 0.3) is 0 Å². The van der Waals surface area contributed by atoms with Crippen LogP contribution in [0, 0.1) is 6.92 Å². The van der Waals surface area contributed by atoms with Gasteiger partial charge >= 0.3 is 0 Å². The van der Waals surface area contributed by atoms with Gasteiger partial charge in [0, 0.05) is 37.4 Å². The van der Waals surface area contributed by atoms with Gasteiger partial charge in [-0.15, -0.1) is 0 Å². The lowest BCUT2D eigenvalue weighted by atomic mass is 10.0. The van der Waals surface area contributed by atoms with Crippen LogP contribution in [0.1, 0.15) is 31.3 Å². The third-order valence-corrected chi connectivity index (χ3v) is 5.26. The number of aryl methyl sites for hydroxylation is 2. The van der Waals surface area contributed by atoms with Gasteiger partial charge in [-0.2, -0.15) is 0 Å². The van der Waals surface area contributed by atoms with Crippen LogP contribution in [0.25, 0.3) is 0 Å². The van der Waals surface area contributed by atoms with E-state index in [1.165, 1.54) is 0 Å². The SMILES string of the molecule is CCc1cc(N2CCC(NC[C@@H]3COc4ccccc4O3)CC2)nc(C)n1. The van der Waals surface area contributed by atoms with Crippen LogP contribution in [0.5, 0.6) is 11.5 Å². The van der Waals surface area contributed by atoms with Crippen LogP contribution in [-0.2, 0) is 6.42 Å². The molecule has 1 aromatic heterocycles. The predicted molar refractivity (Wildman–Crippen MR) is 106 cm³/mol. The van der Waals surface area contributed by atoms with Crippen LogP contribution in [0.2, 0.25) is 0 Å². The summed E-state index contributed by atoms with van der Waals surface area (Å²) in [5, 5.41) is 3.66. The lowest BCUT2D eigenvalue weighted by Gasteiger charge is -2.34. The number of ether oxygens (including phenoxy) is 2. The highest BCUT2D eigenvalue weighted by Gasteiger charge is 2.24. The Morgan fingerprint density at radius 2 is 1.93 bits per heavy atom. The zero-order valence-electron chi connectivity index (χ0n) is 16.1. The topological polar surface area (TPSA) is 59.5 Å². The molecule has 1 aromatic carbocycles. The molecule has 0 bridgehead atoms. The van der Waals surface area contributed by atoms with E-state index in [0.29, 0.717) is 12.6 Å². The molecule has 2 aromatic rings. The molecule has 4 rings (SSSR count). The van der Waals surface area contributed by atoms with Gasteiger partial charge in [0.05, 0.1) is 0 Å². The fourth-order valence-corrected chi connectivity index (χ4v) is 3.73. The van der Waals surface area contributed by atoms with Crippen molar-refractivity contribution in [3.8, 4) is 11.5 Å². The molecular formula is C21H28N4O2. The van der Waals surface area contributed by atoms with Crippen LogP contribution in [0.3, 0.4) is 0 Å². The second-order valence-corrected chi connectivity index (χ2v) is 7.29. The molecule has 0 saturated carbocycles. The molecule has 0 aliphatic carbocycles. The summed E-state index contributed by atoms with van der Waals surface area (Å²) in [4.78, 5) is 11.5. The van der Waals surface area contributed by atoms with Gasteiger partial charge < -0.3 is 19.7 Å². The van der Waals surface area contributed by atoms with Gasteiger partial charge in [-0.25, -0.2) is 9.97 Å². The van der Waals surface area contributed by atoms with Crippen LogP contribution in [-0.4, -0.2) is 48.4 Å². The van der Waals surface area contributed by atoms with E-state index in [-0.39, 0.29) is 6.10 Å². The first-order valence-electron chi connectivity index (χ1n) is 9.92. The lowest BCUT2D eigenvalue weighted by Crippen LogP contribution is -2.47. The molecule has 1 saturated heterocycles. The van der Waals surface area contributed by atoms with Crippen molar-refractivity contribution in [1.82, 2.24) is 15.3 Å². The van der Waals surface area contributed by atoms with Crippen LogP contribution < -0.4 is 19.7 Å². The molecule has 3 heterocycles. The van der Waals surface area contributed by atoms with Crippen LogP contribution in [0.4, 0.5) is 5.82 Å². The van der Waals surface area contributed by atoms with Crippen LogP contribution >= 0.6 is 0 Å². The Bertz CT molecular complexity index is 775. The largest absolute Gasteiger partial charge is 0.486 e. The summed E-state index contributed by atoms with van der Waals surface area (Å²) in [7, 11) is 0. The van der Waals surface area contributed by atoms with E-state index < -0.39 is 0 Å². The van der Waals surface area contributed by atoms with E-state index in [1.807, 2.05) is 31.2 Å². The minimum absolute atomic E-state index is 0.0644. The molecule has 6 nitrogen and oxygen atoms in total. The van der Waals surface area contributed by atoms with Gasteiger partial charge in [0.1, 0.15) is 24.4 Å². The van der Waals surface area contributed by atoms with Gasteiger partial charge in [-0.3, -0.25) is 0 Å². The number of rotatable bonds is 5. The third-order valence-electron chi connectivity index (χ3n) is 5.26. The highest BCUT2D eigenvalue weighted by molar-refractivity contribution is 5.41. The number of nitrogens with zero attached hydrogens (tertiary/aromatic N) is 3. The molecule has 2 aliphatic heterocycles. The quantitative estimate of drug-likeness (QED) is 0.876. The van der Waals surface area contributed by atoms with E-state index >= 15 is 0 Å². The maximum absolute atomic E-state index is 6.04. The molecule has 0 amide bonds. The summed E-state index contributed by atoms with van der Waals surface area (Å²) in [5.74, 6) is 3.61. The molecule has 1 N–H and O–H groups in total. The predicted octanol–water partition coefficient (Wildman–Crippen LogP) is 2.75. The maximum atomic E-state index is 6.04. The molecule has 27 heavy (non-hydrogen) atoms. The molecule has 1 atom stereocenters.